The first kappa shape index (κ1) is 20.2. The van der Waals surface area contributed by atoms with E-state index in [0.29, 0.717) is 15.5 Å². The third kappa shape index (κ3) is 3.99. The lowest BCUT2D eigenvalue weighted by atomic mass is 10.2. The molecule has 154 valence electrons. The summed E-state index contributed by atoms with van der Waals surface area (Å²) in [6.45, 7) is 1.53. The minimum absolute atomic E-state index is 0.0693. The number of pyridine rings is 1. The molecule has 1 aliphatic heterocycles. The number of benzene rings is 2. The second-order valence-electron chi connectivity index (χ2n) is 6.33. The van der Waals surface area contributed by atoms with E-state index in [1.54, 1.807) is 31.2 Å². The first-order valence-electron chi connectivity index (χ1n) is 8.79. The highest BCUT2D eigenvalue weighted by Crippen LogP contribution is 2.41. The fourth-order valence-corrected chi connectivity index (χ4v) is 4.12. The third-order valence-electron chi connectivity index (χ3n) is 4.26. The second kappa shape index (κ2) is 8.37. The van der Waals surface area contributed by atoms with Crippen LogP contribution in [-0.2, 0) is 17.5 Å². The molecule has 2 N–H and O–H groups in total. The Morgan fingerprint density at radius 3 is 2.77 bits per heavy atom. The lowest BCUT2D eigenvalue weighted by Gasteiger charge is -2.25. The van der Waals surface area contributed by atoms with Gasteiger partial charge in [-0.25, -0.2) is 18.0 Å². The molecular formula is C20H15ClF2N4O2S. The number of fused-ring (bicyclic) bond motifs is 1. The van der Waals surface area contributed by atoms with E-state index in [0.717, 1.165) is 0 Å². The molecule has 1 aliphatic rings. The van der Waals surface area contributed by atoms with Crippen molar-refractivity contribution in [2.24, 2.45) is 4.99 Å². The second-order valence-corrected chi connectivity index (χ2v) is 7.89. The van der Waals surface area contributed by atoms with Gasteiger partial charge in [-0.3, -0.25) is 9.71 Å². The molecule has 1 atom stereocenters. The summed E-state index contributed by atoms with van der Waals surface area (Å²) in [5, 5.41) is 3.19. The zero-order chi connectivity index (χ0) is 21.3. The number of aromatic nitrogens is 1. The lowest BCUT2D eigenvalue weighted by molar-refractivity contribution is 0.442. The Balaban J connectivity index is 1.72. The highest BCUT2D eigenvalue weighted by molar-refractivity contribution is 7.84. The van der Waals surface area contributed by atoms with E-state index in [1.165, 1.54) is 24.4 Å². The summed E-state index contributed by atoms with van der Waals surface area (Å²) in [4.78, 5) is 8.43. The van der Waals surface area contributed by atoms with Gasteiger partial charge in [0, 0.05) is 6.20 Å². The Morgan fingerprint density at radius 1 is 1.20 bits per heavy atom. The number of halogens is 3. The number of hydrogen-bond acceptors (Lipinski definition) is 4. The van der Waals surface area contributed by atoms with Gasteiger partial charge in [-0.05, 0) is 42.8 Å². The van der Waals surface area contributed by atoms with Crippen LogP contribution in [0.1, 0.15) is 11.3 Å². The first-order chi connectivity index (χ1) is 14.4. The van der Waals surface area contributed by atoms with Crippen molar-refractivity contribution in [3.8, 4) is 11.5 Å². The quantitative estimate of drug-likeness (QED) is 0.606. The highest BCUT2D eigenvalue weighted by Gasteiger charge is 2.28. The number of ether oxygens (including phenoxy) is 1. The van der Waals surface area contributed by atoms with Gasteiger partial charge < -0.3 is 10.1 Å². The molecule has 0 spiro atoms. The Bertz CT molecular complexity index is 1190. The van der Waals surface area contributed by atoms with Crippen molar-refractivity contribution in [3.63, 3.8) is 0 Å². The summed E-state index contributed by atoms with van der Waals surface area (Å²) in [6, 6.07) is 10.6. The van der Waals surface area contributed by atoms with Crippen LogP contribution in [0, 0.1) is 18.6 Å². The SMILES string of the molecule is Cc1cc(F)c(Oc2ccccc2Cl)c2c1S(=O)NC(=NCc1ncccc1F)N2. The molecule has 0 fully saturated rings. The Morgan fingerprint density at radius 2 is 2.00 bits per heavy atom. The van der Waals surface area contributed by atoms with Gasteiger partial charge >= 0.3 is 0 Å². The van der Waals surface area contributed by atoms with Crippen molar-refractivity contribution in [1.29, 1.82) is 0 Å². The first-order valence-corrected chi connectivity index (χ1v) is 10.3. The summed E-state index contributed by atoms with van der Waals surface area (Å²) >= 11 is 6.12. The van der Waals surface area contributed by atoms with Crippen LogP contribution in [0.3, 0.4) is 0 Å². The maximum atomic E-state index is 14.8. The molecule has 0 bridgehead atoms. The summed E-state index contributed by atoms with van der Waals surface area (Å²) in [5.41, 5.74) is 0.736. The minimum atomic E-state index is -1.74. The zero-order valence-electron chi connectivity index (χ0n) is 15.6. The number of nitrogens with one attached hydrogen (secondary N) is 2. The van der Waals surface area contributed by atoms with Crippen LogP contribution in [0.5, 0.6) is 11.5 Å². The molecule has 6 nitrogen and oxygen atoms in total. The number of aryl methyl sites for hydroxylation is 1. The summed E-state index contributed by atoms with van der Waals surface area (Å²) in [6.07, 6.45) is 1.45. The number of nitrogens with zero attached hydrogens (tertiary/aromatic N) is 2. The normalized spacial score (nSPS) is 16.5. The van der Waals surface area contributed by atoms with E-state index in [-0.39, 0.29) is 35.4 Å². The summed E-state index contributed by atoms with van der Waals surface area (Å²) < 4.78 is 49.7. The van der Waals surface area contributed by atoms with Crippen LogP contribution < -0.4 is 14.8 Å². The number of anilines is 1. The van der Waals surface area contributed by atoms with Gasteiger partial charge in [-0.2, -0.15) is 0 Å². The molecule has 0 aliphatic carbocycles. The molecule has 30 heavy (non-hydrogen) atoms. The Kier molecular flexibility index (Phi) is 5.65. The van der Waals surface area contributed by atoms with Crippen molar-refractivity contribution in [2.75, 3.05) is 5.32 Å². The molecular weight excluding hydrogens is 434 g/mol. The minimum Gasteiger partial charge on any atom is -0.450 e. The van der Waals surface area contributed by atoms with E-state index < -0.39 is 22.6 Å². The van der Waals surface area contributed by atoms with Gasteiger partial charge in [-0.15, -0.1) is 0 Å². The maximum absolute atomic E-state index is 14.8. The molecule has 10 heteroatoms. The summed E-state index contributed by atoms with van der Waals surface area (Å²) in [5.74, 6) is -1.03. The molecule has 2 aromatic carbocycles. The van der Waals surface area contributed by atoms with Crippen molar-refractivity contribution in [1.82, 2.24) is 9.71 Å². The van der Waals surface area contributed by atoms with Crippen LogP contribution >= 0.6 is 11.6 Å². The van der Waals surface area contributed by atoms with Gasteiger partial charge in [-0.1, -0.05) is 23.7 Å². The van der Waals surface area contributed by atoms with Crippen LogP contribution in [0.15, 0.2) is 58.5 Å². The van der Waals surface area contributed by atoms with E-state index in [2.05, 4.69) is 20.0 Å². The van der Waals surface area contributed by atoms with E-state index in [4.69, 9.17) is 16.3 Å². The van der Waals surface area contributed by atoms with E-state index in [1.807, 2.05) is 0 Å². The number of guanidine groups is 1. The van der Waals surface area contributed by atoms with Crippen molar-refractivity contribution >= 4 is 34.2 Å². The molecule has 1 unspecified atom stereocenters. The fraction of sp³-hybridized carbons (Fsp3) is 0.100. The predicted octanol–water partition coefficient (Wildman–Crippen LogP) is 4.71. The Labute approximate surface area is 178 Å². The topological polar surface area (TPSA) is 75.6 Å². The number of hydrogen-bond donors (Lipinski definition) is 2. The molecule has 2 heterocycles. The van der Waals surface area contributed by atoms with Gasteiger partial charge in [0.2, 0.25) is 5.96 Å². The monoisotopic (exact) mass is 448 g/mol. The average molecular weight is 449 g/mol. The molecule has 3 aromatic rings. The molecule has 0 saturated carbocycles. The fourth-order valence-electron chi connectivity index (χ4n) is 2.87. The van der Waals surface area contributed by atoms with E-state index >= 15 is 0 Å². The average Bonchev–Trinajstić information content (AvgIpc) is 2.71. The lowest BCUT2D eigenvalue weighted by Crippen LogP contribution is -2.38. The van der Waals surface area contributed by atoms with Crippen LogP contribution in [-0.4, -0.2) is 15.2 Å². The maximum Gasteiger partial charge on any atom is 0.208 e. The Hall–Kier alpha value is -3.04. The summed E-state index contributed by atoms with van der Waals surface area (Å²) in [7, 11) is -1.74. The van der Waals surface area contributed by atoms with E-state index in [9.17, 15) is 13.0 Å². The van der Waals surface area contributed by atoms with Gasteiger partial charge in [0.05, 0.1) is 22.2 Å². The van der Waals surface area contributed by atoms with Crippen molar-refractivity contribution in [3.05, 3.63) is 76.6 Å². The number of aliphatic imine (C=N–C) groups is 1. The zero-order valence-corrected chi connectivity index (χ0v) is 17.2. The largest absolute Gasteiger partial charge is 0.450 e. The predicted molar refractivity (Wildman–Crippen MR) is 111 cm³/mol. The number of rotatable bonds is 4. The standard InChI is InChI=1S/C20H15ClF2N4O2S/c1-11-9-14(23)18(29-16-7-3-2-5-12(16)21)17-19(11)30(28)27-20(26-17)25-10-15-13(22)6-4-8-24-15/h2-9H,10H2,1H3,(H2,25,26,27). The van der Waals surface area contributed by atoms with Crippen molar-refractivity contribution < 1.29 is 17.7 Å². The van der Waals surface area contributed by atoms with Crippen LogP contribution in [0.25, 0.3) is 0 Å². The molecule has 0 saturated heterocycles. The van der Waals surface area contributed by atoms with Crippen molar-refractivity contribution in [2.45, 2.75) is 18.4 Å². The smallest absolute Gasteiger partial charge is 0.208 e. The van der Waals surface area contributed by atoms with Crippen LogP contribution in [0.4, 0.5) is 14.5 Å². The van der Waals surface area contributed by atoms with Gasteiger partial charge in [0.15, 0.2) is 22.6 Å². The van der Waals surface area contributed by atoms with Crippen LogP contribution in [0.2, 0.25) is 5.02 Å². The molecule has 0 amide bonds. The molecule has 4 rings (SSSR count). The number of para-hydroxylation sites is 1. The molecule has 0 radical (unpaired) electrons. The highest BCUT2D eigenvalue weighted by atomic mass is 35.5. The van der Waals surface area contributed by atoms with Gasteiger partial charge in [0.1, 0.15) is 17.3 Å². The van der Waals surface area contributed by atoms with Gasteiger partial charge in [0.25, 0.3) is 0 Å². The molecule has 1 aromatic heterocycles. The third-order valence-corrected chi connectivity index (χ3v) is 5.85.